The van der Waals surface area contributed by atoms with Gasteiger partial charge in [0.2, 0.25) is 5.91 Å². The van der Waals surface area contributed by atoms with Crippen LogP contribution in [0.3, 0.4) is 0 Å². The summed E-state index contributed by atoms with van der Waals surface area (Å²) in [6.07, 6.45) is 0.0989. The first-order chi connectivity index (χ1) is 13.6. The molecule has 0 saturated heterocycles. The van der Waals surface area contributed by atoms with E-state index < -0.39 is 0 Å². The van der Waals surface area contributed by atoms with Crippen molar-refractivity contribution < 1.29 is 28.5 Å². The van der Waals surface area contributed by atoms with Gasteiger partial charge in [-0.1, -0.05) is 30.3 Å². The van der Waals surface area contributed by atoms with E-state index in [0.29, 0.717) is 16.0 Å². The Morgan fingerprint density at radius 2 is 1.61 bits per heavy atom. The lowest BCUT2D eigenvalue weighted by Crippen LogP contribution is -2.27. The van der Waals surface area contributed by atoms with E-state index in [2.05, 4.69) is 21.2 Å². The van der Waals surface area contributed by atoms with Crippen LogP contribution in [0.5, 0.6) is 11.5 Å². The van der Waals surface area contributed by atoms with Gasteiger partial charge in [0, 0.05) is 33.0 Å². The highest BCUT2D eigenvalue weighted by atomic mass is 79.9. The average Bonchev–Trinajstić information content (AvgIpc) is 2.72. The van der Waals surface area contributed by atoms with E-state index in [1.54, 1.807) is 13.2 Å². The molecule has 0 aliphatic carbocycles. The van der Waals surface area contributed by atoms with Crippen LogP contribution in [0.4, 0.5) is 0 Å². The molecule has 0 aromatic heterocycles. The third kappa shape index (κ3) is 5.93. The molecule has 28 heavy (non-hydrogen) atoms. The van der Waals surface area contributed by atoms with Gasteiger partial charge in [-0.25, -0.2) is 0 Å². The fourth-order valence-electron chi connectivity index (χ4n) is 2.59. The smallest absolute Gasteiger partial charge is 0.226 e. The third-order valence-electron chi connectivity index (χ3n) is 3.77. The lowest BCUT2D eigenvalue weighted by atomic mass is 9.95. The highest BCUT2D eigenvalue weighted by molar-refractivity contribution is 9.10. The van der Waals surface area contributed by atoms with Crippen molar-refractivity contribution in [3.8, 4) is 22.6 Å². The highest BCUT2D eigenvalue weighted by Crippen LogP contribution is 2.43. The summed E-state index contributed by atoms with van der Waals surface area (Å²) in [7, 11) is 4.59. The molecule has 2 rings (SSSR count). The fraction of sp³-hybridized carbons (Fsp3) is 0.350. The maximum absolute atomic E-state index is 12.4. The standard InChI is InChI=1S/C20H24BrNO6/c1-24-11-22-18(23)9-15-19(14-7-5-4-6-8-14)16(27-12-25-2)10-17(20(15)21)28-13-26-3/h4-8,10H,9,11-13H2,1-3H3,(H,22,23). The number of ether oxygens (including phenoxy) is 5. The molecule has 0 aliphatic heterocycles. The molecule has 0 aliphatic rings. The van der Waals surface area contributed by atoms with E-state index in [1.165, 1.54) is 14.2 Å². The molecule has 0 atom stereocenters. The number of nitrogens with one attached hydrogen (secondary N) is 1. The molecule has 0 fully saturated rings. The Morgan fingerprint density at radius 1 is 0.964 bits per heavy atom. The molecule has 0 spiro atoms. The Labute approximate surface area is 173 Å². The SMILES string of the molecule is COCNC(=O)Cc1c(Br)c(OCOC)cc(OCOC)c1-c1ccccc1. The Balaban J connectivity index is 2.58. The Kier molecular flexibility index (Phi) is 9.22. The summed E-state index contributed by atoms with van der Waals surface area (Å²) in [6, 6.07) is 11.4. The maximum Gasteiger partial charge on any atom is 0.226 e. The summed E-state index contributed by atoms with van der Waals surface area (Å²) >= 11 is 3.58. The number of hydrogen-bond acceptors (Lipinski definition) is 6. The van der Waals surface area contributed by atoms with E-state index in [1.807, 2.05) is 30.3 Å². The van der Waals surface area contributed by atoms with Crippen molar-refractivity contribution in [1.82, 2.24) is 5.32 Å². The van der Waals surface area contributed by atoms with Gasteiger partial charge in [0.25, 0.3) is 0 Å². The van der Waals surface area contributed by atoms with Crippen LogP contribution in [0, 0.1) is 0 Å². The average molecular weight is 454 g/mol. The quantitative estimate of drug-likeness (QED) is 0.525. The van der Waals surface area contributed by atoms with Crippen LogP contribution >= 0.6 is 15.9 Å². The van der Waals surface area contributed by atoms with Gasteiger partial charge >= 0.3 is 0 Å². The molecule has 1 N–H and O–H groups in total. The van der Waals surface area contributed by atoms with E-state index in [4.69, 9.17) is 23.7 Å². The molecule has 152 valence electrons. The second-order valence-electron chi connectivity index (χ2n) is 5.72. The van der Waals surface area contributed by atoms with Crippen LogP contribution in [0.2, 0.25) is 0 Å². The number of amides is 1. The third-order valence-corrected chi connectivity index (χ3v) is 4.64. The number of hydrogen-bond donors (Lipinski definition) is 1. The minimum absolute atomic E-state index is 0.0560. The zero-order valence-electron chi connectivity index (χ0n) is 16.1. The summed E-state index contributed by atoms with van der Waals surface area (Å²) in [6.45, 7) is 0.243. The summed E-state index contributed by atoms with van der Waals surface area (Å²) < 4.78 is 27.1. The molecule has 0 radical (unpaired) electrons. The van der Waals surface area contributed by atoms with Crippen molar-refractivity contribution in [3.63, 3.8) is 0 Å². The second kappa shape index (κ2) is 11.7. The zero-order chi connectivity index (χ0) is 20.4. The molecule has 0 saturated carbocycles. The minimum Gasteiger partial charge on any atom is -0.467 e. The minimum atomic E-state index is -0.193. The van der Waals surface area contributed by atoms with Gasteiger partial charge in [-0.3, -0.25) is 4.79 Å². The van der Waals surface area contributed by atoms with Crippen LogP contribution in [0.1, 0.15) is 5.56 Å². The molecule has 8 heteroatoms. The normalized spacial score (nSPS) is 10.6. The Hall–Kier alpha value is -2.13. The lowest BCUT2D eigenvalue weighted by Gasteiger charge is -2.20. The van der Waals surface area contributed by atoms with E-state index >= 15 is 0 Å². The van der Waals surface area contributed by atoms with Gasteiger partial charge in [-0.15, -0.1) is 0 Å². The Bertz CT molecular complexity index is 769. The first-order valence-electron chi connectivity index (χ1n) is 8.52. The van der Waals surface area contributed by atoms with Crippen LogP contribution in [0.15, 0.2) is 40.9 Å². The van der Waals surface area contributed by atoms with Crippen molar-refractivity contribution in [2.75, 3.05) is 41.6 Å². The molecular weight excluding hydrogens is 430 g/mol. The van der Waals surface area contributed by atoms with Gasteiger partial charge in [0.1, 0.15) is 18.2 Å². The van der Waals surface area contributed by atoms with Gasteiger partial charge in [0.15, 0.2) is 13.6 Å². The molecule has 0 heterocycles. The van der Waals surface area contributed by atoms with Crippen LogP contribution in [-0.2, 0) is 25.4 Å². The summed E-state index contributed by atoms with van der Waals surface area (Å²) in [5.74, 6) is 0.848. The number of carbonyl (C=O) groups excluding carboxylic acids is 1. The van der Waals surface area contributed by atoms with E-state index in [-0.39, 0.29) is 32.6 Å². The van der Waals surface area contributed by atoms with Crippen molar-refractivity contribution in [2.24, 2.45) is 0 Å². The lowest BCUT2D eigenvalue weighted by molar-refractivity contribution is -0.121. The second-order valence-corrected chi connectivity index (χ2v) is 6.51. The first kappa shape index (κ1) is 22.2. The fourth-order valence-corrected chi connectivity index (χ4v) is 3.16. The highest BCUT2D eigenvalue weighted by Gasteiger charge is 2.22. The summed E-state index contributed by atoms with van der Waals surface area (Å²) in [4.78, 5) is 12.4. The van der Waals surface area contributed by atoms with Crippen LogP contribution < -0.4 is 14.8 Å². The van der Waals surface area contributed by atoms with E-state index in [0.717, 1.165) is 16.7 Å². The molecule has 2 aromatic rings. The van der Waals surface area contributed by atoms with Crippen LogP contribution in [0.25, 0.3) is 11.1 Å². The van der Waals surface area contributed by atoms with Crippen molar-refractivity contribution >= 4 is 21.8 Å². The predicted molar refractivity (Wildman–Crippen MR) is 108 cm³/mol. The predicted octanol–water partition coefficient (Wildman–Crippen LogP) is 3.34. The van der Waals surface area contributed by atoms with Crippen molar-refractivity contribution in [2.45, 2.75) is 6.42 Å². The van der Waals surface area contributed by atoms with Gasteiger partial charge in [-0.2, -0.15) is 0 Å². The number of halogens is 1. The van der Waals surface area contributed by atoms with Crippen molar-refractivity contribution in [1.29, 1.82) is 0 Å². The van der Waals surface area contributed by atoms with Gasteiger partial charge < -0.3 is 29.0 Å². The topological polar surface area (TPSA) is 75.3 Å². The maximum atomic E-state index is 12.4. The monoisotopic (exact) mass is 453 g/mol. The van der Waals surface area contributed by atoms with Crippen LogP contribution in [-0.4, -0.2) is 47.6 Å². The molecule has 7 nitrogen and oxygen atoms in total. The Morgan fingerprint density at radius 3 is 2.21 bits per heavy atom. The van der Waals surface area contributed by atoms with Gasteiger partial charge in [-0.05, 0) is 27.1 Å². The number of methoxy groups -OCH3 is 3. The number of benzene rings is 2. The number of rotatable bonds is 11. The van der Waals surface area contributed by atoms with E-state index in [9.17, 15) is 4.79 Å². The number of carbonyl (C=O) groups is 1. The summed E-state index contributed by atoms with van der Waals surface area (Å²) in [5.41, 5.74) is 2.41. The molecule has 0 unspecified atom stereocenters. The molecule has 2 aromatic carbocycles. The molecule has 1 amide bonds. The largest absolute Gasteiger partial charge is 0.467 e. The molecular formula is C20H24BrNO6. The van der Waals surface area contributed by atoms with Gasteiger partial charge in [0.05, 0.1) is 10.9 Å². The summed E-state index contributed by atoms with van der Waals surface area (Å²) in [5, 5.41) is 2.70. The van der Waals surface area contributed by atoms with Crippen molar-refractivity contribution in [3.05, 3.63) is 46.4 Å². The molecule has 0 bridgehead atoms. The zero-order valence-corrected chi connectivity index (χ0v) is 17.7. The first-order valence-corrected chi connectivity index (χ1v) is 9.31.